The summed E-state index contributed by atoms with van der Waals surface area (Å²) in [5.74, 6) is 1.83. The Bertz CT molecular complexity index is 2140. The van der Waals surface area contributed by atoms with Gasteiger partial charge in [-0.05, 0) is 111 Å². The first-order valence-corrected chi connectivity index (χ1v) is 17.4. The molecule has 0 N–H and O–H groups in total. The predicted octanol–water partition coefficient (Wildman–Crippen LogP) is 10.5. The highest BCUT2D eigenvalue weighted by molar-refractivity contribution is 6.99. The number of fused-ring (bicyclic) bond motifs is 4. The molecule has 0 spiro atoms. The Morgan fingerprint density at radius 1 is 0.531 bits per heavy atom. The summed E-state index contributed by atoms with van der Waals surface area (Å²) in [4.78, 5) is 4.75. The fourth-order valence-corrected chi connectivity index (χ4v) is 7.47. The highest BCUT2D eigenvalue weighted by Crippen LogP contribution is 2.44. The minimum Gasteiger partial charge on any atom is -0.458 e. The van der Waals surface area contributed by atoms with Gasteiger partial charge in [0.15, 0.2) is 0 Å². The smallest absolute Gasteiger partial charge is 0.256 e. The van der Waals surface area contributed by atoms with Crippen LogP contribution in [0.5, 0.6) is 11.5 Å². The van der Waals surface area contributed by atoms with Crippen LogP contribution in [-0.2, 0) is 10.8 Å². The van der Waals surface area contributed by atoms with Gasteiger partial charge in [0, 0.05) is 40.2 Å². The van der Waals surface area contributed by atoms with Crippen LogP contribution < -0.4 is 30.9 Å². The molecule has 6 aromatic carbocycles. The van der Waals surface area contributed by atoms with Crippen LogP contribution in [0.3, 0.4) is 0 Å². The zero-order valence-electron chi connectivity index (χ0n) is 29.6. The lowest BCUT2D eigenvalue weighted by molar-refractivity contribution is 0.487. The van der Waals surface area contributed by atoms with E-state index < -0.39 is 0 Å². The molecule has 242 valence electrons. The summed E-state index contributed by atoms with van der Waals surface area (Å²) < 4.78 is 6.97. The van der Waals surface area contributed by atoms with Crippen molar-refractivity contribution in [1.82, 2.24) is 0 Å². The van der Waals surface area contributed by atoms with Crippen molar-refractivity contribution in [2.24, 2.45) is 0 Å². The summed E-state index contributed by atoms with van der Waals surface area (Å²) in [5, 5.41) is 0. The van der Waals surface area contributed by atoms with Gasteiger partial charge in [0.2, 0.25) is 0 Å². The molecule has 0 fully saturated rings. The molecule has 0 radical (unpaired) electrons. The maximum Gasteiger partial charge on any atom is 0.256 e. The number of hydrogen-bond donors (Lipinski definition) is 0. The fourth-order valence-electron chi connectivity index (χ4n) is 7.47. The Kier molecular flexibility index (Phi) is 7.26. The average Bonchev–Trinajstić information content (AvgIpc) is 3.08. The van der Waals surface area contributed by atoms with Crippen molar-refractivity contribution in [3.8, 4) is 11.5 Å². The summed E-state index contributed by atoms with van der Waals surface area (Å²) in [6.07, 6.45) is 0. The van der Waals surface area contributed by atoms with Gasteiger partial charge in [-0.15, -0.1) is 0 Å². The van der Waals surface area contributed by atoms with E-state index in [1.807, 2.05) is 0 Å². The van der Waals surface area contributed by atoms with Crippen LogP contribution in [0.15, 0.2) is 133 Å². The fraction of sp³-hybridized carbons (Fsp3) is 0.200. The molecular weight excluding hydrogens is 595 g/mol. The molecule has 3 nitrogen and oxygen atoms in total. The molecule has 4 heteroatoms. The van der Waals surface area contributed by atoms with Gasteiger partial charge in [-0.1, -0.05) is 108 Å². The van der Waals surface area contributed by atoms with Crippen LogP contribution in [-0.4, -0.2) is 6.71 Å². The van der Waals surface area contributed by atoms with Gasteiger partial charge in [0.1, 0.15) is 11.5 Å². The Labute approximate surface area is 291 Å². The third-order valence-electron chi connectivity index (χ3n) is 10.0. The van der Waals surface area contributed by atoms with E-state index >= 15 is 0 Å². The minimum atomic E-state index is 0.00826. The second kappa shape index (κ2) is 11.4. The Morgan fingerprint density at radius 3 is 1.76 bits per heavy atom. The van der Waals surface area contributed by atoms with Crippen molar-refractivity contribution in [1.29, 1.82) is 0 Å². The van der Waals surface area contributed by atoms with E-state index in [1.54, 1.807) is 0 Å². The molecule has 0 saturated carbocycles. The molecule has 0 bridgehead atoms. The molecule has 0 saturated heterocycles. The Hall–Kier alpha value is -5.22. The zero-order chi connectivity index (χ0) is 34.1. The van der Waals surface area contributed by atoms with Crippen LogP contribution in [0.4, 0.5) is 34.1 Å². The summed E-state index contributed by atoms with van der Waals surface area (Å²) in [6, 6.07) is 48.7. The van der Waals surface area contributed by atoms with Crippen LogP contribution >= 0.6 is 0 Å². The number of nitrogens with zero attached hydrogens (tertiary/aromatic N) is 2. The number of benzene rings is 6. The van der Waals surface area contributed by atoms with Crippen molar-refractivity contribution in [3.05, 3.63) is 150 Å². The summed E-state index contributed by atoms with van der Waals surface area (Å²) >= 11 is 0. The first kappa shape index (κ1) is 31.1. The molecule has 0 aromatic heterocycles. The van der Waals surface area contributed by atoms with Gasteiger partial charge in [0.05, 0.1) is 0 Å². The van der Waals surface area contributed by atoms with Crippen LogP contribution in [0.2, 0.25) is 0 Å². The lowest BCUT2D eigenvalue weighted by atomic mass is 9.34. The number of anilines is 6. The molecule has 0 unspecified atom stereocenters. The molecular formula is C45H43BN2O. The summed E-state index contributed by atoms with van der Waals surface area (Å²) in [6.45, 7) is 15.9. The van der Waals surface area contributed by atoms with Crippen molar-refractivity contribution < 1.29 is 4.74 Å². The van der Waals surface area contributed by atoms with Gasteiger partial charge in [-0.2, -0.15) is 0 Å². The standard InChI is InChI=1S/C45H43BN2O/c1-30-26-40-43-42(27-30)49-41-29-36(47(33-14-10-8-11-15-33)34-16-12-9-13-17-34)23-24-37(41)46(43)38-28-32(45(5,6)7)20-25-39(38)48(40)35-21-18-31(19-22-35)44(2,3)4/h8-29H,1-7H3. The molecule has 0 aliphatic carbocycles. The van der Waals surface area contributed by atoms with Gasteiger partial charge >= 0.3 is 0 Å². The quantitative estimate of drug-likeness (QED) is 0.179. The van der Waals surface area contributed by atoms with Gasteiger partial charge in [-0.3, -0.25) is 0 Å². The van der Waals surface area contributed by atoms with Crippen molar-refractivity contribution in [2.75, 3.05) is 9.80 Å². The second-order valence-electron chi connectivity index (χ2n) is 15.6. The zero-order valence-corrected chi connectivity index (χ0v) is 29.6. The first-order valence-electron chi connectivity index (χ1n) is 17.4. The van der Waals surface area contributed by atoms with Crippen molar-refractivity contribution in [2.45, 2.75) is 59.3 Å². The van der Waals surface area contributed by atoms with E-state index in [1.165, 1.54) is 44.5 Å². The molecule has 2 heterocycles. The highest BCUT2D eigenvalue weighted by atomic mass is 16.5. The van der Waals surface area contributed by atoms with E-state index in [0.29, 0.717) is 0 Å². The number of aryl methyl sites for hydroxylation is 1. The van der Waals surface area contributed by atoms with E-state index in [4.69, 9.17) is 4.74 Å². The minimum absolute atomic E-state index is 0.00826. The lowest BCUT2D eigenvalue weighted by Crippen LogP contribution is -2.59. The largest absolute Gasteiger partial charge is 0.458 e. The molecule has 6 aromatic rings. The molecule has 2 aliphatic heterocycles. The number of hydrogen-bond acceptors (Lipinski definition) is 3. The van der Waals surface area contributed by atoms with E-state index in [2.05, 4.69) is 192 Å². The first-order chi connectivity index (χ1) is 23.5. The SMILES string of the molecule is Cc1cc2c3c(c1)N(c1ccc(C(C)(C)C)cc1)c1ccc(C(C)(C)C)cc1B3c1ccc(N(c3ccccc3)c3ccccc3)cc1O2. The molecule has 2 aliphatic rings. The monoisotopic (exact) mass is 638 g/mol. The highest BCUT2D eigenvalue weighted by Gasteiger charge is 2.42. The van der Waals surface area contributed by atoms with Crippen molar-refractivity contribution in [3.63, 3.8) is 0 Å². The summed E-state index contributed by atoms with van der Waals surface area (Å²) in [7, 11) is 0. The van der Waals surface area contributed by atoms with E-state index in [0.717, 1.165) is 34.2 Å². The lowest BCUT2D eigenvalue weighted by Gasteiger charge is -2.41. The second-order valence-corrected chi connectivity index (χ2v) is 15.6. The van der Waals surface area contributed by atoms with Crippen LogP contribution in [0.1, 0.15) is 58.2 Å². The van der Waals surface area contributed by atoms with Crippen molar-refractivity contribution >= 4 is 57.2 Å². The number of rotatable bonds is 4. The number of ether oxygens (including phenoxy) is 1. The summed E-state index contributed by atoms with van der Waals surface area (Å²) in [5.41, 5.74) is 14.5. The molecule has 0 atom stereocenters. The maximum absolute atomic E-state index is 6.97. The third kappa shape index (κ3) is 5.40. The van der Waals surface area contributed by atoms with E-state index in [9.17, 15) is 0 Å². The van der Waals surface area contributed by atoms with Gasteiger partial charge in [-0.25, -0.2) is 0 Å². The third-order valence-corrected chi connectivity index (χ3v) is 10.0. The topological polar surface area (TPSA) is 15.7 Å². The Morgan fingerprint density at radius 2 is 1.14 bits per heavy atom. The molecule has 8 rings (SSSR count). The predicted molar refractivity (Wildman–Crippen MR) is 209 cm³/mol. The average molecular weight is 639 g/mol. The van der Waals surface area contributed by atoms with E-state index in [-0.39, 0.29) is 17.5 Å². The Balaban J connectivity index is 1.33. The molecule has 49 heavy (non-hydrogen) atoms. The number of para-hydroxylation sites is 2. The van der Waals surface area contributed by atoms with Crippen LogP contribution in [0.25, 0.3) is 0 Å². The normalized spacial score (nSPS) is 13.3. The van der Waals surface area contributed by atoms with Gasteiger partial charge in [0.25, 0.3) is 6.71 Å². The van der Waals surface area contributed by atoms with Gasteiger partial charge < -0.3 is 14.5 Å². The molecule has 0 amide bonds. The van der Waals surface area contributed by atoms with Crippen LogP contribution in [0, 0.1) is 6.92 Å². The maximum atomic E-state index is 6.97.